The minimum Gasteiger partial charge on any atom is -0.396 e. The SMILES string of the molecule is O=C(NCC1CC1)[C@@H]1[C@@H](CO)[C@@H]2Cn3c(ccc(C4=CCCC4)c3=O)[C@H]1N2C(=O)C1CC1. The number of amides is 2. The lowest BCUT2D eigenvalue weighted by Gasteiger charge is -2.38. The first-order valence-electron chi connectivity index (χ1n) is 12.2. The molecule has 6 rings (SSSR count). The van der Waals surface area contributed by atoms with Gasteiger partial charge in [-0.05, 0) is 68.6 Å². The molecule has 2 aliphatic heterocycles. The first-order chi connectivity index (χ1) is 15.6. The molecule has 3 heterocycles. The lowest BCUT2D eigenvalue weighted by molar-refractivity contribution is -0.138. The molecule has 7 nitrogen and oxygen atoms in total. The van der Waals surface area contributed by atoms with E-state index in [9.17, 15) is 19.5 Å². The molecular formula is C25H31N3O4. The molecule has 0 aromatic carbocycles. The molecule has 3 fully saturated rings. The molecular weight excluding hydrogens is 406 g/mol. The maximum absolute atomic E-state index is 13.5. The van der Waals surface area contributed by atoms with Gasteiger partial charge in [-0.3, -0.25) is 14.4 Å². The van der Waals surface area contributed by atoms with Gasteiger partial charge in [0, 0.05) is 42.8 Å². The molecule has 170 valence electrons. The van der Waals surface area contributed by atoms with Crippen molar-refractivity contribution in [3.63, 3.8) is 0 Å². The summed E-state index contributed by atoms with van der Waals surface area (Å²) in [5.41, 5.74) is 2.56. The van der Waals surface area contributed by atoms with E-state index in [4.69, 9.17) is 0 Å². The van der Waals surface area contributed by atoms with Crippen molar-refractivity contribution in [2.24, 2.45) is 23.7 Å². The number of fused-ring (bicyclic) bond motifs is 4. The van der Waals surface area contributed by atoms with Crippen molar-refractivity contribution < 1.29 is 14.7 Å². The highest BCUT2D eigenvalue weighted by Crippen LogP contribution is 2.50. The number of aliphatic hydroxyl groups excluding tert-OH is 1. The molecule has 4 atom stereocenters. The maximum atomic E-state index is 13.5. The van der Waals surface area contributed by atoms with Crippen LogP contribution in [0.5, 0.6) is 0 Å². The summed E-state index contributed by atoms with van der Waals surface area (Å²) in [6, 6.07) is 3.02. The van der Waals surface area contributed by atoms with Crippen molar-refractivity contribution >= 4 is 17.4 Å². The van der Waals surface area contributed by atoms with E-state index in [1.165, 1.54) is 0 Å². The average molecular weight is 438 g/mol. The fourth-order valence-corrected chi connectivity index (χ4v) is 6.09. The van der Waals surface area contributed by atoms with Gasteiger partial charge in [0.1, 0.15) is 0 Å². The third-order valence-electron chi connectivity index (χ3n) is 8.18. The maximum Gasteiger partial charge on any atom is 0.258 e. The predicted molar refractivity (Wildman–Crippen MR) is 118 cm³/mol. The first-order valence-corrected chi connectivity index (χ1v) is 12.2. The van der Waals surface area contributed by atoms with Crippen LogP contribution in [0.2, 0.25) is 0 Å². The Morgan fingerprint density at radius 3 is 2.62 bits per heavy atom. The quantitative estimate of drug-likeness (QED) is 0.711. The molecule has 2 saturated carbocycles. The molecule has 0 radical (unpaired) electrons. The van der Waals surface area contributed by atoms with Gasteiger partial charge in [0.05, 0.1) is 18.0 Å². The number of hydrogen-bond donors (Lipinski definition) is 2. The lowest BCUT2D eigenvalue weighted by Crippen LogP contribution is -2.50. The number of hydrogen-bond acceptors (Lipinski definition) is 4. The third-order valence-corrected chi connectivity index (χ3v) is 8.18. The lowest BCUT2D eigenvalue weighted by atomic mass is 9.86. The van der Waals surface area contributed by atoms with Crippen molar-refractivity contribution in [2.45, 2.75) is 63.6 Å². The standard InChI is InChI=1S/C25H31N3O4/c29-13-18-20-12-27-19(10-9-17(25(27)32)15-3-1-2-4-15)22(28(20)24(31)16-7-8-16)21(18)23(30)26-11-14-5-6-14/h3,9-10,14,16,18,20-22,29H,1-2,4-8,11-13H2,(H,26,30)/t18-,20-,21+,22+/m0/s1. The summed E-state index contributed by atoms with van der Waals surface area (Å²) in [6.07, 6.45) is 9.19. The summed E-state index contributed by atoms with van der Waals surface area (Å²) >= 11 is 0. The van der Waals surface area contributed by atoms with Crippen LogP contribution in [0.1, 0.15) is 62.2 Å². The highest BCUT2D eigenvalue weighted by molar-refractivity contribution is 5.86. The summed E-state index contributed by atoms with van der Waals surface area (Å²) < 4.78 is 1.79. The van der Waals surface area contributed by atoms with Crippen molar-refractivity contribution in [1.29, 1.82) is 0 Å². The number of carbonyl (C=O) groups is 2. The van der Waals surface area contributed by atoms with Gasteiger partial charge in [0.15, 0.2) is 0 Å². The monoisotopic (exact) mass is 437 g/mol. The van der Waals surface area contributed by atoms with E-state index in [1.807, 2.05) is 17.0 Å². The average Bonchev–Trinajstić information content (AvgIpc) is 3.73. The van der Waals surface area contributed by atoms with Gasteiger partial charge >= 0.3 is 0 Å². The van der Waals surface area contributed by atoms with Crippen LogP contribution in [0, 0.1) is 23.7 Å². The minimum absolute atomic E-state index is 0.0220. The summed E-state index contributed by atoms with van der Waals surface area (Å²) in [5, 5.41) is 13.4. The van der Waals surface area contributed by atoms with E-state index < -0.39 is 12.0 Å². The number of pyridine rings is 1. The zero-order chi connectivity index (χ0) is 22.0. The van der Waals surface area contributed by atoms with Gasteiger partial charge in [0.2, 0.25) is 11.8 Å². The van der Waals surface area contributed by atoms with Gasteiger partial charge in [-0.2, -0.15) is 0 Å². The molecule has 2 bridgehead atoms. The van der Waals surface area contributed by atoms with Crippen molar-refractivity contribution in [1.82, 2.24) is 14.8 Å². The molecule has 3 aliphatic carbocycles. The van der Waals surface area contributed by atoms with Crippen molar-refractivity contribution in [2.75, 3.05) is 13.2 Å². The largest absolute Gasteiger partial charge is 0.396 e. The number of nitrogens with zero attached hydrogens (tertiary/aromatic N) is 2. The summed E-state index contributed by atoms with van der Waals surface area (Å²) in [4.78, 5) is 42.0. The summed E-state index contributed by atoms with van der Waals surface area (Å²) in [7, 11) is 0. The second-order valence-corrected chi connectivity index (χ2v) is 10.3. The van der Waals surface area contributed by atoms with E-state index in [0.29, 0.717) is 19.0 Å². The number of aliphatic hydroxyl groups is 1. The minimum atomic E-state index is -0.531. The van der Waals surface area contributed by atoms with Crippen LogP contribution in [0.3, 0.4) is 0 Å². The fourth-order valence-electron chi connectivity index (χ4n) is 6.09. The summed E-state index contributed by atoms with van der Waals surface area (Å²) in [5.74, 6) is -0.341. The van der Waals surface area contributed by atoms with E-state index >= 15 is 0 Å². The van der Waals surface area contributed by atoms with E-state index in [0.717, 1.165) is 61.8 Å². The molecule has 0 unspecified atom stereocenters. The molecule has 2 amide bonds. The Balaban J connectivity index is 1.42. The molecule has 1 aromatic rings. The smallest absolute Gasteiger partial charge is 0.258 e. The Morgan fingerprint density at radius 2 is 1.97 bits per heavy atom. The number of nitrogens with one attached hydrogen (secondary N) is 1. The van der Waals surface area contributed by atoms with Crippen LogP contribution < -0.4 is 10.9 Å². The molecule has 0 spiro atoms. The molecule has 5 aliphatic rings. The Hall–Kier alpha value is -2.41. The zero-order valence-corrected chi connectivity index (χ0v) is 18.3. The van der Waals surface area contributed by atoms with Crippen LogP contribution >= 0.6 is 0 Å². The summed E-state index contributed by atoms with van der Waals surface area (Å²) in [6.45, 7) is 0.834. The number of allylic oxidation sites excluding steroid dienone is 2. The second-order valence-electron chi connectivity index (χ2n) is 10.3. The van der Waals surface area contributed by atoms with Crippen molar-refractivity contribution in [3.8, 4) is 0 Å². The van der Waals surface area contributed by atoms with Gasteiger partial charge in [-0.15, -0.1) is 0 Å². The fraction of sp³-hybridized carbons (Fsp3) is 0.640. The number of carbonyl (C=O) groups excluding carboxylic acids is 2. The first kappa shape index (κ1) is 20.2. The molecule has 1 aromatic heterocycles. The molecule has 32 heavy (non-hydrogen) atoms. The Kier molecular flexibility index (Phi) is 4.79. The normalized spacial score (nSPS) is 30.8. The van der Waals surface area contributed by atoms with Gasteiger partial charge in [-0.25, -0.2) is 0 Å². The van der Waals surface area contributed by atoms with E-state index in [1.54, 1.807) is 4.57 Å². The topological polar surface area (TPSA) is 91.6 Å². The number of rotatable bonds is 6. The van der Waals surface area contributed by atoms with E-state index in [-0.39, 0.29) is 41.9 Å². The van der Waals surface area contributed by atoms with Crippen LogP contribution in [0.15, 0.2) is 23.0 Å². The molecule has 2 N–H and O–H groups in total. The highest BCUT2D eigenvalue weighted by Gasteiger charge is 2.58. The third kappa shape index (κ3) is 3.16. The van der Waals surface area contributed by atoms with Gasteiger partial charge in [0.25, 0.3) is 5.56 Å². The van der Waals surface area contributed by atoms with Crippen LogP contribution in [-0.2, 0) is 16.1 Å². The van der Waals surface area contributed by atoms with E-state index in [2.05, 4.69) is 11.4 Å². The second kappa shape index (κ2) is 7.58. The van der Waals surface area contributed by atoms with Crippen LogP contribution in [0.4, 0.5) is 0 Å². The Morgan fingerprint density at radius 1 is 1.16 bits per heavy atom. The van der Waals surface area contributed by atoms with Gasteiger partial charge < -0.3 is 19.9 Å². The predicted octanol–water partition coefficient (Wildman–Crippen LogP) is 1.84. The Labute approximate surface area is 187 Å². The van der Waals surface area contributed by atoms with Crippen LogP contribution in [-0.4, -0.2) is 45.6 Å². The Bertz CT molecular complexity index is 1050. The van der Waals surface area contributed by atoms with Gasteiger partial charge in [-0.1, -0.05) is 6.08 Å². The van der Waals surface area contributed by atoms with Crippen molar-refractivity contribution in [3.05, 3.63) is 39.8 Å². The van der Waals surface area contributed by atoms with Crippen LogP contribution in [0.25, 0.3) is 5.57 Å². The number of aromatic nitrogens is 1. The highest BCUT2D eigenvalue weighted by atomic mass is 16.3. The zero-order valence-electron chi connectivity index (χ0n) is 18.3. The molecule has 7 heteroatoms. The molecule has 1 saturated heterocycles.